The number of hydrogen-bond donors (Lipinski definition) is 0. The van der Waals surface area contributed by atoms with Gasteiger partial charge in [0.05, 0.1) is 5.02 Å². The standard InChI is InChI=1S/C15H21Cl2N/c16-14(9-12-5-3-1-2-4-6-12)10-13-7-8-18-11-15(13)17/h7-8,11-12,14H,1-6,9-10H2. The van der Waals surface area contributed by atoms with Gasteiger partial charge in [0.1, 0.15) is 0 Å². The summed E-state index contributed by atoms with van der Waals surface area (Å²) in [4.78, 5) is 4.01. The molecule has 0 spiro atoms. The molecule has 1 aromatic heterocycles. The Balaban J connectivity index is 1.84. The molecule has 18 heavy (non-hydrogen) atoms. The third-order valence-corrected chi connectivity index (χ3v) is 4.53. The summed E-state index contributed by atoms with van der Waals surface area (Å²) in [7, 11) is 0. The van der Waals surface area contributed by atoms with Gasteiger partial charge in [0.2, 0.25) is 0 Å². The first-order valence-corrected chi connectivity index (χ1v) is 7.79. The quantitative estimate of drug-likeness (QED) is 0.544. The molecule has 1 nitrogen and oxygen atoms in total. The number of halogens is 2. The number of pyridine rings is 1. The predicted octanol–water partition coefficient (Wildman–Crippen LogP) is 5.25. The van der Waals surface area contributed by atoms with Crippen LogP contribution in [0.5, 0.6) is 0 Å². The molecule has 1 atom stereocenters. The van der Waals surface area contributed by atoms with Crippen molar-refractivity contribution in [2.24, 2.45) is 5.92 Å². The first kappa shape index (κ1) is 14.1. The van der Waals surface area contributed by atoms with E-state index in [1.807, 2.05) is 6.07 Å². The van der Waals surface area contributed by atoms with Crippen molar-refractivity contribution in [2.45, 2.75) is 56.7 Å². The Hall–Kier alpha value is -0.270. The number of rotatable bonds is 4. The highest BCUT2D eigenvalue weighted by Gasteiger charge is 2.17. The van der Waals surface area contributed by atoms with Crippen LogP contribution in [0.1, 0.15) is 50.5 Å². The second kappa shape index (κ2) is 7.35. The van der Waals surface area contributed by atoms with E-state index in [2.05, 4.69) is 4.98 Å². The van der Waals surface area contributed by atoms with Crippen LogP contribution in [0, 0.1) is 5.92 Å². The van der Waals surface area contributed by atoms with Crippen molar-refractivity contribution in [2.75, 3.05) is 0 Å². The highest BCUT2D eigenvalue weighted by Crippen LogP contribution is 2.29. The Bertz CT molecular complexity index is 359. The molecule has 1 aliphatic carbocycles. The van der Waals surface area contributed by atoms with Crippen molar-refractivity contribution in [1.82, 2.24) is 4.98 Å². The van der Waals surface area contributed by atoms with E-state index in [1.165, 1.54) is 38.5 Å². The fraction of sp³-hybridized carbons (Fsp3) is 0.667. The van der Waals surface area contributed by atoms with Crippen LogP contribution in [-0.4, -0.2) is 10.4 Å². The molecule has 0 N–H and O–H groups in total. The lowest BCUT2D eigenvalue weighted by molar-refractivity contribution is 0.419. The molecule has 1 heterocycles. The third-order valence-electron chi connectivity index (χ3n) is 3.86. The van der Waals surface area contributed by atoms with Gasteiger partial charge in [0, 0.05) is 17.8 Å². The van der Waals surface area contributed by atoms with Gasteiger partial charge in [0.15, 0.2) is 0 Å². The van der Waals surface area contributed by atoms with Gasteiger partial charge < -0.3 is 0 Å². The van der Waals surface area contributed by atoms with Crippen molar-refractivity contribution in [3.8, 4) is 0 Å². The normalized spacial score (nSPS) is 19.4. The topological polar surface area (TPSA) is 12.9 Å². The van der Waals surface area contributed by atoms with Gasteiger partial charge in [-0.05, 0) is 30.4 Å². The average molecular weight is 286 g/mol. The van der Waals surface area contributed by atoms with Crippen molar-refractivity contribution in [3.05, 3.63) is 29.0 Å². The largest absolute Gasteiger partial charge is 0.263 e. The molecule has 0 aromatic carbocycles. The molecule has 0 aliphatic heterocycles. The molecule has 100 valence electrons. The zero-order valence-corrected chi connectivity index (χ0v) is 12.3. The SMILES string of the molecule is Clc1cnccc1CC(Cl)CC1CCCCCC1. The van der Waals surface area contributed by atoms with E-state index < -0.39 is 0 Å². The Morgan fingerprint density at radius 1 is 1.22 bits per heavy atom. The molecule has 1 aromatic rings. The van der Waals surface area contributed by atoms with Crippen LogP contribution in [0.4, 0.5) is 0 Å². The number of hydrogen-bond acceptors (Lipinski definition) is 1. The molecule has 2 rings (SSSR count). The lowest BCUT2D eigenvalue weighted by Gasteiger charge is -2.18. The number of nitrogens with zero attached hydrogens (tertiary/aromatic N) is 1. The second-order valence-electron chi connectivity index (χ2n) is 5.36. The first-order valence-electron chi connectivity index (χ1n) is 6.98. The van der Waals surface area contributed by atoms with Crippen LogP contribution >= 0.6 is 23.2 Å². The smallest absolute Gasteiger partial charge is 0.0621 e. The van der Waals surface area contributed by atoms with Gasteiger partial charge in [-0.3, -0.25) is 4.98 Å². The van der Waals surface area contributed by atoms with Gasteiger partial charge >= 0.3 is 0 Å². The van der Waals surface area contributed by atoms with Gasteiger partial charge in [-0.15, -0.1) is 11.6 Å². The van der Waals surface area contributed by atoms with Gasteiger partial charge in [-0.1, -0.05) is 50.1 Å². The highest BCUT2D eigenvalue weighted by atomic mass is 35.5. The molecular formula is C15H21Cl2N. The van der Waals surface area contributed by atoms with E-state index in [0.717, 1.165) is 29.3 Å². The Labute approximate surface area is 120 Å². The molecule has 0 bridgehead atoms. The average Bonchev–Trinajstić information content (AvgIpc) is 2.61. The summed E-state index contributed by atoms with van der Waals surface area (Å²) in [6.45, 7) is 0. The van der Waals surface area contributed by atoms with E-state index >= 15 is 0 Å². The molecule has 0 radical (unpaired) electrons. The third kappa shape index (κ3) is 4.44. The maximum atomic E-state index is 6.49. The van der Waals surface area contributed by atoms with Gasteiger partial charge in [-0.2, -0.15) is 0 Å². The number of aromatic nitrogens is 1. The highest BCUT2D eigenvalue weighted by molar-refractivity contribution is 6.31. The fourth-order valence-electron chi connectivity index (χ4n) is 2.85. The molecule has 1 unspecified atom stereocenters. The van der Waals surface area contributed by atoms with Crippen LogP contribution in [0.15, 0.2) is 18.5 Å². The zero-order chi connectivity index (χ0) is 12.8. The minimum Gasteiger partial charge on any atom is -0.263 e. The predicted molar refractivity (Wildman–Crippen MR) is 78.4 cm³/mol. The van der Waals surface area contributed by atoms with Crippen molar-refractivity contribution < 1.29 is 0 Å². The fourth-order valence-corrected chi connectivity index (χ4v) is 3.47. The second-order valence-corrected chi connectivity index (χ2v) is 6.39. The molecule has 0 saturated heterocycles. The summed E-state index contributed by atoms with van der Waals surface area (Å²) in [6.07, 6.45) is 13.7. The van der Waals surface area contributed by atoms with Gasteiger partial charge in [0.25, 0.3) is 0 Å². The maximum Gasteiger partial charge on any atom is 0.0621 e. The summed E-state index contributed by atoms with van der Waals surface area (Å²) in [6, 6.07) is 1.98. The minimum atomic E-state index is 0.202. The minimum absolute atomic E-state index is 0.202. The van der Waals surface area contributed by atoms with Crippen molar-refractivity contribution in [3.63, 3.8) is 0 Å². The molecule has 1 aliphatic rings. The lowest BCUT2D eigenvalue weighted by Crippen LogP contribution is -2.11. The molecule has 0 amide bonds. The van der Waals surface area contributed by atoms with Crippen LogP contribution in [0.3, 0.4) is 0 Å². The van der Waals surface area contributed by atoms with Gasteiger partial charge in [-0.25, -0.2) is 0 Å². The van der Waals surface area contributed by atoms with Crippen LogP contribution in [0.2, 0.25) is 5.02 Å². The summed E-state index contributed by atoms with van der Waals surface area (Å²) in [5.74, 6) is 0.815. The van der Waals surface area contributed by atoms with Crippen LogP contribution in [0.25, 0.3) is 0 Å². The van der Waals surface area contributed by atoms with Crippen LogP contribution < -0.4 is 0 Å². The maximum absolute atomic E-state index is 6.49. The summed E-state index contributed by atoms with van der Waals surface area (Å²) in [5, 5.41) is 0.942. The van der Waals surface area contributed by atoms with E-state index in [9.17, 15) is 0 Å². The van der Waals surface area contributed by atoms with E-state index in [0.29, 0.717) is 0 Å². The van der Waals surface area contributed by atoms with E-state index in [-0.39, 0.29) is 5.38 Å². The van der Waals surface area contributed by atoms with Crippen molar-refractivity contribution in [1.29, 1.82) is 0 Å². The summed E-state index contributed by atoms with van der Waals surface area (Å²) >= 11 is 12.6. The lowest BCUT2D eigenvalue weighted by atomic mass is 9.93. The molecule has 3 heteroatoms. The zero-order valence-electron chi connectivity index (χ0n) is 10.7. The molecular weight excluding hydrogens is 265 g/mol. The summed E-state index contributed by atoms with van der Waals surface area (Å²) < 4.78 is 0. The Kier molecular flexibility index (Phi) is 5.78. The molecule has 1 saturated carbocycles. The Morgan fingerprint density at radius 2 is 1.94 bits per heavy atom. The molecule has 1 fully saturated rings. The monoisotopic (exact) mass is 285 g/mol. The number of alkyl halides is 1. The first-order chi connectivity index (χ1) is 8.75. The Morgan fingerprint density at radius 3 is 2.61 bits per heavy atom. The van der Waals surface area contributed by atoms with Crippen LogP contribution in [-0.2, 0) is 6.42 Å². The van der Waals surface area contributed by atoms with E-state index in [4.69, 9.17) is 23.2 Å². The summed E-state index contributed by atoms with van der Waals surface area (Å²) in [5.41, 5.74) is 1.13. The van der Waals surface area contributed by atoms with E-state index in [1.54, 1.807) is 12.4 Å². The van der Waals surface area contributed by atoms with Crippen molar-refractivity contribution >= 4 is 23.2 Å².